The summed E-state index contributed by atoms with van der Waals surface area (Å²) in [5.41, 5.74) is 0.832. The van der Waals surface area contributed by atoms with Crippen LogP contribution in [0.15, 0.2) is 97.1 Å². The van der Waals surface area contributed by atoms with Gasteiger partial charge in [-0.05, 0) is 36.4 Å². The van der Waals surface area contributed by atoms with Crippen LogP contribution in [-0.4, -0.2) is 7.11 Å². The van der Waals surface area contributed by atoms with E-state index in [1.54, 1.807) is 13.2 Å². The molecule has 0 unspecified atom stereocenters. The van der Waals surface area contributed by atoms with Gasteiger partial charge in [0.25, 0.3) is 0 Å². The first kappa shape index (κ1) is 22.2. The van der Waals surface area contributed by atoms with Crippen LogP contribution in [0.25, 0.3) is 0 Å². The normalized spacial score (nSPS) is 11.4. The molecule has 0 aromatic heterocycles. The fourth-order valence-electron chi connectivity index (χ4n) is 3.91. The van der Waals surface area contributed by atoms with Crippen molar-refractivity contribution < 1.29 is 4.74 Å². The van der Waals surface area contributed by atoms with Crippen LogP contribution in [0.4, 0.5) is 0 Å². The van der Waals surface area contributed by atoms with Crippen molar-refractivity contribution in [1.29, 1.82) is 0 Å². The molecule has 156 valence electrons. The second kappa shape index (κ2) is 9.63. The quantitative estimate of drug-likeness (QED) is 0.208. The summed E-state index contributed by atoms with van der Waals surface area (Å²) in [4.78, 5) is 0. The highest BCUT2D eigenvalue weighted by Crippen LogP contribution is 2.60. The van der Waals surface area contributed by atoms with Crippen molar-refractivity contribution in [2.24, 2.45) is 0 Å². The van der Waals surface area contributed by atoms with Gasteiger partial charge in [-0.15, -0.1) is 0 Å². The predicted molar refractivity (Wildman–Crippen MR) is 137 cm³/mol. The Morgan fingerprint density at radius 1 is 0.645 bits per heavy atom. The van der Waals surface area contributed by atoms with Crippen molar-refractivity contribution in [3.8, 4) is 5.75 Å². The van der Waals surface area contributed by atoms with Crippen molar-refractivity contribution in [3.63, 3.8) is 0 Å². The predicted octanol–water partition coefficient (Wildman–Crippen LogP) is 7.15. The van der Waals surface area contributed by atoms with Crippen molar-refractivity contribution >= 4 is 58.0 Å². The maximum absolute atomic E-state index is 6.77. The Morgan fingerprint density at radius 3 is 1.45 bits per heavy atom. The Bertz CT molecular complexity index is 1070. The lowest BCUT2D eigenvalue weighted by molar-refractivity contribution is 0.415. The highest BCUT2D eigenvalue weighted by atomic mass is 35.5. The highest BCUT2D eigenvalue weighted by molar-refractivity contribution is 7.95. The first-order valence-electron chi connectivity index (χ1n) is 9.83. The van der Waals surface area contributed by atoms with E-state index >= 15 is 0 Å². The summed E-state index contributed by atoms with van der Waals surface area (Å²) >= 11 is 20.1. The molecule has 4 aromatic carbocycles. The molecule has 0 heterocycles. The molecule has 0 saturated heterocycles. The number of ether oxygens (including phenoxy) is 1. The second-order valence-electron chi connectivity index (χ2n) is 7.14. The number of hydrogen-bond donors (Lipinski definition) is 0. The van der Waals surface area contributed by atoms with Gasteiger partial charge in [0.15, 0.2) is 0 Å². The van der Waals surface area contributed by atoms with Crippen LogP contribution < -0.4 is 20.7 Å². The average molecular weight is 487 g/mol. The molecule has 0 spiro atoms. The first-order valence-corrected chi connectivity index (χ1v) is 12.9. The van der Waals surface area contributed by atoms with Crippen molar-refractivity contribution in [1.82, 2.24) is 0 Å². The van der Waals surface area contributed by atoms with E-state index in [1.807, 2.05) is 18.2 Å². The average Bonchev–Trinajstić information content (AvgIpc) is 2.83. The molecule has 0 aliphatic carbocycles. The van der Waals surface area contributed by atoms with E-state index in [9.17, 15) is 0 Å². The number of benzene rings is 4. The standard InChI is InChI=1S/C26H21Cl3OP/c1-30-24-17-23(27)22(25(28)26(24)29)18-31(19-11-5-2-6-12-19,20-13-7-3-8-14-20)21-15-9-4-10-16-21/h2-17H,18H2,1H3/q+1. The topological polar surface area (TPSA) is 9.23 Å². The fourth-order valence-corrected chi connectivity index (χ4v) is 9.20. The number of methoxy groups -OCH3 is 1. The zero-order chi connectivity index (χ0) is 21.8. The smallest absolute Gasteiger partial charge is 0.140 e. The fraction of sp³-hybridized carbons (Fsp3) is 0.0769. The van der Waals surface area contributed by atoms with Crippen molar-refractivity contribution in [3.05, 3.63) is 118 Å². The van der Waals surface area contributed by atoms with Gasteiger partial charge in [-0.25, -0.2) is 0 Å². The molecule has 0 fully saturated rings. The molecule has 31 heavy (non-hydrogen) atoms. The zero-order valence-electron chi connectivity index (χ0n) is 16.9. The van der Waals surface area contributed by atoms with Gasteiger partial charge in [-0.3, -0.25) is 0 Å². The summed E-state index contributed by atoms with van der Waals surface area (Å²) in [6.07, 6.45) is 0.645. The summed E-state index contributed by atoms with van der Waals surface area (Å²) in [5.74, 6) is 0.475. The second-order valence-corrected chi connectivity index (χ2v) is 11.8. The van der Waals surface area contributed by atoms with E-state index in [-0.39, 0.29) is 0 Å². The molecule has 0 aliphatic rings. The third kappa shape index (κ3) is 4.21. The van der Waals surface area contributed by atoms with Gasteiger partial charge in [-0.2, -0.15) is 0 Å². The molecular formula is C26H21Cl3OP+. The molecule has 4 aromatic rings. The molecule has 4 rings (SSSR count). The van der Waals surface area contributed by atoms with Gasteiger partial charge in [0.05, 0.1) is 17.2 Å². The van der Waals surface area contributed by atoms with Gasteiger partial charge in [-0.1, -0.05) is 89.4 Å². The van der Waals surface area contributed by atoms with Crippen LogP contribution in [0.1, 0.15) is 5.56 Å². The maximum atomic E-state index is 6.77. The Balaban J connectivity index is 2.04. The summed E-state index contributed by atoms with van der Waals surface area (Å²) in [7, 11) is -0.583. The SMILES string of the molecule is COc1cc(Cl)c(C[P+](c2ccccc2)(c2ccccc2)c2ccccc2)c(Cl)c1Cl. The van der Waals surface area contributed by atoms with Crippen LogP contribution in [0, 0.1) is 0 Å². The number of halogens is 3. The van der Waals surface area contributed by atoms with Gasteiger partial charge in [0, 0.05) is 11.6 Å². The largest absolute Gasteiger partial charge is 0.495 e. The van der Waals surface area contributed by atoms with Gasteiger partial charge >= 0.3 is 0 Å². The molecule has 5 heteroatoms. The minimum Gasteiger partial charge on any atom is -0.495 e. The molecule has 0 radical (unpaired) electrons. The Hall–Kier alpha value is -2.02. The lowest BCUT2D eigenvalue weighted by Gasteiger charge is -2.28. The van der Waals surface area contributed by atoms with Gasteiger partial charge in [0.1, 0.15) is 40.1 Å². The summed E-state index contributed by atoms with van der Waals surface area (Å²) in [6.45, 7) is 0. The monoisotopic (exact) mass is 485 g/mol. The van der Waals surface area contributed by atoms with Crippen LogP contribution >= 0.6 is 42.1 Å². The lowest BCUT2D eigenvalue weighted by Crippen LogP contribution is -2.32. The molecule has 1 nitrogen and oxygen atoms in total. The summed E-state index contributed by atoms with van der Waals surface area (Å²) in [6, 6.07) is 33.5. The van der Waals surface area contributed by atoms with E-state index in [0.29, 0.717) is 27.0 Å². The lowest BCUT2D eigenvalue weighted by atomic mass is 10.2. The van der Waals surface area contributed by atoms with Crippen LogP contribution in [-0.2, 0) is 6.16 Å². The van der Waals surface area contributed by atoms with Crippen LogP contribution in [0.5, 0.6) is 5.75 Å². The Kier molecular flexibility index (Phi) is 6.89. The third-order valence-electron chi connectivity index (χ3n) is 5.43. The summed E-state index contributed by atoms with van der Waals surface area (Å²) in [5, 5.41) is 5.15. The molecule has 0 N–H and O–H groups in total. The van der Waals surface area contributed by atoms with Gasteiger partial charge < -0.3 is 4.74 Å². The van der Waals surface area contributed by atoms with Crippen LogP contribution in [0.3, 0.4) is 0 Å². The number of hydrogen-bond acceptors (Lipinski definition) is 1. The molecule has 0 amide bonds. The Labute approximate surface area is 198 Å². The van der Waals surface area contributed by atoms with Crippen LogP contribution in [0.2, 0.25) is 15.1 Å². The summed E-state index contributed by atoms with van der Waals surface area (Å²) < 4.78 is 5.35. The van der Waals surface area contributed by atoms with E-state index in [0.717, 1.165) is 5.56 Å². The molecule has 0 atom stereocenters. The number of rotatable bonds is 6. The minimum atomic E-state index is -2.14. The van der Waals surface area contributed by atoms with E-state index in [1.165, 1.54) is 15.9 Å². The minimum absolute atomic E-state index is 0.385. The van der Waals surface area contributed by atoms with E-state index in [4.69, 9.17) is 39.5 Å². The zero-order valence-corrected chi connectivity index (χ0v) is 20.1. The highest BCUT2D eigenvalue weighted by Gasteiger charge is 2.46. The molecule has 0 bridgehead atoms. The Morgan fingerprint density at radius 2 is 1.06 bits per heavy atom. The first-order chi connectivity index (χ1) is 15.1. The van der Waals surface area contributed by atoms with E-state index in [2.05, 4.69) is 72.8 Å². The molecule has 0 aliphatic heterocycles. The third-order valence-corrected chi connectivity index (χ3v) is 11.0. The molecule has 0 saturated carbocycles. The van der Waals surface area contributed by atoms with E-state index < -0.39 is 7.26 Å². The maximum Gasteiger partial charge on any atom is 0.140 e. The van der Waals surface area contributed by atoms with Gasteiger partial charge in [0.2, 0.25) is 0 Å². The molecular weight excluding hydrogens is 466 g/mol. The van der Waals surface area contributed by atoms with Crippen molar-refractivity contribution in [2.45, 2.75) is 6.16 Å². The van der Waals surface area contributed by atoms with Crippen molar-refractivity contribution in [2.75, 3.05) is 7.11 Å².